The Labute approximate surface area is 92.1 Å². The van der Waals surface area contributed by atoms with E-state index >= 15 is 0 Å². The van der Waals surface area contributed by atoms with Gasteiger partial charge in [-0.15, -0.1) is 4.52 Å². The van der Waals surface area contributed by atoms with Gasteiger partial charge in [-0.2, -0.15) is 0 Å². The SMILES string of the molecule is CC(C)OC[C@H]1O[C@@H](C)C[C@H]1O[P+](C)=O. The van der Waals surface area contributed by atoms with Gasteiger partial charge >= 0.3 is 8.03 Å². The molecule has 15 heavy (non-hydrogen) atoms. The zero-order chi connectivity index (χ0) is 11.4. The fraction of sp³-hybridized carbons (Fsp3) is 1.00. The van der Waals surface area contributed by atoms with Crippen molar-refractivity contribution in [1.29, 1.82) is 0 Å². The maximum atomic E-state index is 11.0. The first-order chi connectivity index (χ1) is 6.99. The van der Waals surface area contributed by atoms with Gasteiger partial charge in [-0.05, 0) is 25.3 Å². The maximum absolute atomic E-state index is 11.0. The van der Waals surface area contributed by atoms with E-state index in [1.807, 2.05) is 20.8 Å². The lowest BCUT2D eigenvalue weighted by molar-refractivity contribution is -0.0495. The second-order valence-electron chi connectivity index (χ2n) is 4.19. The Bertz CT molecular complexity index is 219. The summed E-state index contributed by atoms with van der Waals surface area (Å²) in [6, 6.07) is 0. The van der Waals surface area contributed by atoms with Gasteiger partial charge in [0, 0.05) is 6.42 Å². The normalized spacial score (nSPS) is 32.3. The van der Waals surface area contributed by atoms with Crippen LogP contribution in [0.4, 0.5) is 0 Å². The van der Waals surface area contributed by atoms with Crippen molar-refractivity contribution in [3.8, 4) is 0 Å². The first-order valence-corrected chi connectivity index (χ1v) is 6.96. The highest BCUT2D eigenvalue weighted by molar-refractivity contribution is 7.38. The summed E-state index contributed by atoms with van der Waals surface area (Å²) in [7, 11) is -1.57. The highest BCUT2D eigenvalue weighted by atomic mass is 31.1. The molecule has 1 heterocycles. The van der Waals surface area contributed by atoms with Gasteiger partial charge in [0.1, 0.15) is 12.2 Å². The molecular formula is C10H20O4P+. The number of ether oxygens (including phenoxy) is 2. The quantitative estimate of drug-likeness (QED) is 0.686. The van der Waals surface area contributed by atoms with Gasteiger partial charge in [0.2, 0.25) is 0 Å². The van der Waals surface area contributed by atoms with Crippen molar-refractivity contribution in [3.63, 3.8) is 0 Å². The van der Waals surface area contributed by atoms with Gasteiger partial charge in [0.25, 0.3) is 0 Å². The monoisotopic (exact) mass is 235 g/mol. The van der Waals surface area contributed by atoms with Crippen LogP contribution in [-0.4, -0.2) is 37.7 Å². The fourth-order valence-electron chi connectivity index (χ4n) is 1.66. The molecule has 0 spiro atoms. The van der Waals surface area contributed by atoms with Crippen LogP contribution in [0.25, 0.3) is 0 Å². The molecule has 1 unspecified atom stereocenters. The van der Waals surface area contributed by atoms with E-state index in [-0.39, 0.29) is 24.4 Å². The molecule has 88 valence electrons. The summed E-state index contributed by atoms with van der Waals surface area (Å²) >= 11 is 0. The minimum absolute atomic E-state index is 0.0821. The van der Waals surface area contributed by atoms with Gasteiger partial charge in [-0.25, -0.2) is 0 Å². The topological polar surface area (TPSA) is 44.8 Å². The number of rotatable bonds is 5. The molecule has 0 aliphatic carbocycles. The minimum Gasteiger partial charge on any atom is -0.376 e. The van der Waals surface area contributed by atoms with Crippen LogP contribution in [0.3, 0.4) is 0 Å². The van der Waals surface area contributed by atoms with Crippen LogP contribution in [0.2, 0.25) is 0 Å². The van der Waals surface area contributed by atoms with Crippen molar-refractivity contribution in [1.82, 2.24) is 0 Å². The summed E-state index contributed by atoms with van der Waals surface area (Å²) in [4.78, 5) is 0. The first kappa shape index (κ1) is 13.0. The summed E-state index contributed by atoms with van der Waals surface area (Å²) in [5.41, 5.74) is 0. The Morgan fingerprint density at radius 2 is 2.20 bits per heavy atom. The highest BCUT2D eigenvalue weighted by Gasteiger charge is 2.38. The molecular weight excluding hydrogens is 215 g/mol. The van der Waals surface area contributed by atoms with Crippen LogP contribution in [0.1, 0.15) is 27.2 Å². The zero-order valence-electron chi connectivity index (χ0n) is 9.80. The van der Waals surface area contributed by atoms with E-state index < -0.39 is 8.03 Å². The lowest BCUT2D eigenvalue weighted by Gasteiger charge is -2.16. The van der Waals surface area contributed by atoms with Crippen LogP contribution in [0, 0.1) is 0 Å². The van der Waals surface area contributed by atoms with Gasteiger partial charge < -0.3 is 9.47 Å². The maximum Gasteiger partial charge on any atom is 0.505 e. The largest absolute Gasteiger partial charge is 0.505 e. The summed E-state index contributed by atoms with van der Waals surface area (Å²) in [6.45, 7) is 8.03. The second kappa shape index (κ2) is 5.90. The Morgan fingerprint density at radius 3 is 2.73 bits per heavy atom. The summed E-state index contributed by atoms with van der Waals surface area (Å²) in [6.07, 6.45) is 0.959. The Hall–Kier alpha value is -0.0200. The predicted octanol–water partition coefficient (Wildman–Crippen LogP) is 2.35. The molecule has 1 fully saturated rings. The third-order valence-electron chi connectivity index (χ3n) is 2.26. The molecule has 4 atom stereocenters. The summed E-state index contributed by atoms with van der Waals surface area (Å²) in [5, 5.41) is 0. The molecule has 4 nitrogen and oxygen atoms in total. The van der Waals surface area contributed by atoms with Crippen molar-refractivity contribution in [3.05, 3.63) is 0 Å². The molecule has 1 aliphatic rings. The first-order valence-electron chi connectivity index (χ1n) is 5.33. The van der Waals surface area contributed by atoms with E-state index in [1.54, 1.807) is 6.66 Å². The molecule has 0 N–H and O–H groups in total. The number of hydrogen-bond donors (Lipinski definition) is 0. The van der Waals surface area contributed by atoms with Gasteiger partial charge in [-0.1, -0.05) is 0 Å². The van der Waals surface area contributed by atoms with Crippen molar-refractivity contribution < 1.29 is 18.6 Å². The molecule has 0 aromatic carbocycles. The third-order valence-corrected chi connectivity index (χ3v) is 2.83. The molecule has 1 rings (SSSR count). The molecule has 0 aromatic heterocycles. The lowest BCUT2D eigenvalue weighted by atomic mass is 10.1. The molecule has 1 saturated heterocycles. The summed E-state index contributed by atoms with van der Waals surface area (Å²) in [5.74, 6) is 0. The highest BCUT2D eigenvalue weighted by Crippen LogP contribution is 2.30. The van der Waals surface area contributed by atoms with Crippen LogP contribution in [0.5, 0.6) is 0 Å². The van der Waals surface area contributed by atoms with E-state index in [1.165, 1.54) is 0 Å². The molecule has 0 amide bonds. The van der Waals surface area contributed by atoms with Crippen molar-refractivity contribution >= 4 is 8.03 Å². The van der Waals surface area contributed by atoms with E-state index in [4.69, 9.17) is 14.0 Å². The van der Waals surface area contributed by atoms with E-state index in [0.717, 1.165) is 6.42 Å². The van der Waals surface area contributed by atoms with Gasteiger partial charge in [0.15, 0.2) is 6.66 Å². The Kier molecular flexibility index (Phi) is 5.13. The van der Waals surface area contributed by atoms with Crippen molar-refractivity contribution in [2.45, 2.75) is 51.6 Å². The van der Waals surface area contributed by atoms with Crippen LogP contribution < -0.4 is 0 Å². The van der Waals surface area contributed by atoms with Crippen LogP contribution in [0.15, 0.2) is 0 Å². The Morgan fingerprint density at radius 1 is 1.53 bits per heavy atom. The average Bonchev–Trinajstić information content (AvgIpc) is 2.41. The molecule has 0 bridgehead atoms. The van der Waals surface area contributed by atoms with E-state index in [9.17, 15) is 4.57 Å². The minimum atomic E-state index is -1.57. The summed E-state index contributed by atoms with van der Waals surface area (Å²) < 4.78 is 27.5. The molecule has 0 radical (unpaired) electrons. The van der Waals surface area contributed by atoms with Crippen LogP contribution in [-0.2, 0) is 18.6 Å². The van der Waals surface area contributed by atoms with Crippen LogP contribution >= 0.6 is 8.03 Å². The van der Waals surface area contributed by atoms with Gasteiger partial charge in [0.05, 0.1) is 18.8 Å². The van der Waals surface area contributed by atoms with Crippen molar-refractivity contribution in [2.24, 2.45) is 0 Å². The molecule has 5 heteroatoms. The Balaban J connectivity index is 2.41. The lowest BCUT2D eigenvalue weighted by Crippen LogP contribution is -2.29. The van der Waals surface area contributed by atoms with Gasteiger partial charge in [-0.3, -0.25) is 0 Å². The molecule has 1 aliphatic heterocycles. The molecule has 0 saturated carbocycles. The number of hydrogen-bond acceptors (Lipinski definition) is 4. The molecule has 0 aromatic rings. The predicted molar refractivity (Wildman–Crippen MR) is 58.4 cm³/mol. The standard InChI is InChI=1S/C10H20O4P/c1-7(2)12-6-10-9(14-15(4)11)5-8(3)13-10/h7-10H,5-6H2,1-4H3/q+1/t8-,9+,10+/m0/s1. The van der Waals surface area contributed by atoms with E-state index in [0.29, 0.717) is 6.61 Å². The fourth-order valence-corrected chi connectivity index (χ4v) is 2.26. The van der Waals surface area contributed by atoms with Crippen molar-refractivity contribution in [2.75, 3.05) is 13.3 Å². The third kappa shape index (κ3) is 4.56. The average molecular weight is 235 g/mol. The smallest absolute Gasteiger partial charge is 0.376 e. The zero-order valence-corrected chi connectivity index (χ0v) is 10.7. The second-order valence-corrected chi connectivity index (χ2v) is 5.28. The van der Waals surface area contributed by atoms with E-state index in [2.05, 4.69) is 0 Å².